The van der Waals surface area contributed by atoms with Gasteiger partial charge in [0.25, 0.3) is 0 Å². The van der Waals surface area contributed by atoms with Crippen molar-refractivity contribution < 1.29 is 14.7 Å². The van der Waals surface area contributed by atoms with Crippen molar-refractivity contribution in [1.82, 2.24) is 5.32 Å². The second kappa shape index (κ2) is 5.52. The van der Waals surface area contributed by atoms with Gasteiger partial charge in [-0.25, -0.2) is 0 Å². The number of carbonyl (C=O) groups is 2. The quantitative estimate of drug-likeness (QED) is 0.876. The number of benzene rings is 1. The van der Waals surface area contributed by atoms with E-state index >= 15 is 0 Å². The summed E-state index contributed by atoms with van der Waals surface area (Å²) in [6.45, 7) is 0. The number of aliphatic carboxylic acids is 1. The van der Waals surface area contributed by atoms with E-state index in [-0.39, 0.29) is 18.4 Å². The Labute approximate surface area is 114 Å². The zero-order chi connectivity index (χ0) is 13.1. The Kier molecular flexibility index (Phi) is 4.01. The van der Waals surface area contributed by atoms with E-state index in [4.69, 9.17) is 0 Å². The summed E-state index contributed by atoms with van der Waals surface area (Å²) in [6.07, 6.45) is 2.00. The molecule has 4 nitrogen and oxygen atoms in total. The molecule has 1 unspecified atom stereocenters. The molecule has 0 aromatic heterocycles. The smallest absolute Gasteiger partial charge is 0.311 e. The van der Waals surface area contributed by atoms with Crippen LogP contribution in [-0.2, 0) is 9.59 Å². The highest BCUT2D eigenvalue weighted by Gasteiger charge is 2.27. The minimum atomic E-state index is -0.969. The number of rotatable bonds is 5. The van der Waals surface area contributed by atoms with E-state index < -0.39 is 11.9 Å². The van der Waals surface area contributed by atoms with Crippen LogP contribution in [0.15, 0.2) is 28.7 Å². The maximum atomic E-state index is 11.7. The van der Waals surface area contributed by atoms with Crippen molar-refractivity contribution in [3.05, 3.63) is 34.3 Å². The summed E-state index contributed by atoms with van der Waals surface area (Å²) in [5, 5.41) is 12.0. The van der Waals surface area contributed by atoms with Crippen molar-refractivity contribution in [2.24, 2.45) is 0 Å². The molecule has 0 saturated heterocycles. The van der Waals surface area contributed by atoms with Crippen LogP contribution in [0.2, 0.25) is 0 Å². The number of carboxylic acids is 1. The first-order valence-electron chi connectivity index (χ1n) is 5.84. The Bertz CT molecular complexity index is 454. The van der Waals surface area contributed by atoms with Crippen molar-refractivity contribution in [2.45, 2.75) is 31.2 Å². The monoisotopic (exact) mass is 311 g/mol. The second-order valence-electron chi connectivity index (χ2n) is 4.49. The highest BCUT2D eigenvalue weighted by atomic mass is 79.9. The lowest BCUT2D eigenvalue weighted by atomic mass is 9.95. The average molecular weight is 312 g/mol. The molecular weight excluding hydrogens is 298 g/mol. The van der Waals surface area contributed by atoms with Gasteiger partial charge in [0.2, 0.25) is 5.91 Å². The highest BCUT2D eigenvalue weighted by Crippen LogP contribution is 2.24. The molecule has 96 valence electrons. The number of carbonyl (C=O) groups excluding carboxylic acids is 1. The van der Waals surface area contributed by atoms with Gasteiger partial charge in [0.1, 0.15) is 0 Å². The third kappa shape index (κ3) is 3.57. The Morgan fingerprint density at radius 3 is 2.44 bits per heavy atom. The van der Waals surface area contributed by atoms with Crippen LogP contribution >= 0.6 is 15.9 Å². The van der Waals surface area contributed by atoms with Crippen LogP contribution in [-0.4, -0.2) is 23.0 Å². The summed E-state index contributed by atoms with van der Waals surface area (Å²) < 4.78 is 0.887. The zero-order valence-electron chi connectivity index (χ0n) is 9.73. The molecule has 1 amide bonds. The number of hydrogen-bond acceptors (Lipinski definition) is 2. The lowest BCUT2D eigenvalue weighted by molar-refractivity contribution is -0.140. The third-order valence-corrected chi connectivity index (χ3v) is 3.43. The molecule has 2 rings (SSSR count). The topological polar surface area (TPSA) is 66.4 Å². The van der Waals surface area contributed by atoms with E-state index in [2.05, 4.69) is 21.2 Å². The minimum absolute atomic E-state index is 0.00648. The van der Waals surface area contributed by atoms with Crippen LogP contribution in [0.1, 0.15) is 30.7 Å². The second-order valence-corrected chi connectivity index (χ2v) is 5.40. The molecule has 1 aromatic carbocycles. The summed E-state index contributed by atoms with van der Waals surface area (Å²) in [5.74, 6) is -1.94. The molecule has 0 aliphatic heterocycles. The van der Waals surface area contributed by atoms with Crippen molar-refractivity contribution >= 4 is 27.8 Å². The molecular formula is C13H14BrNO3. The lowest BCUT2D eigenvalue weighted by Gasteiger charge is -2.12. The Morgan fingerprint density at radius 1 is 1.33 bits per heavy atom. The van der Waals surface area contributed by atoms with Gasteiger partial charge in [-0.3, -0.25) is 9.59 Å². The molecule has 0 radical (unpaired) electrons. The van der Waals surface area contributed by atoms with E-state index in [1.165, 1.54) is 0 Å². The molecule has 1 aromatic rings. The van der Waals surface area contributed by atoms with Gasteiger partial charge in [-0.1, -0.05) is 28.1 Å². The largest absolute Gasteiger partial charge is 0.481 e. The molecule has 0 bridgehead atoms. The van der Waals surface area contributed by atoms with Crippen LogP contribution in [0.3, 0.4) is 0 Å². The molecule has 2 N–H and O–H groups in total. The zero-order valence-corrected chi connectivity index (χ0v) is 11.3. The van der Waals surface area contributed by atoms with E-state index in [0.717, 1.165) is 17.3 Å². The summed E-state index contributed by atoms with van der Waals surface area (Å²) in [7, 11) is 0. The Hall–Kier alpha value is -1.36. The lowest BCUT2D eigenvalue weighted by Crippen LogP contribution is -2.29. The normalized spacial score (nSPS) is 16.1. The molecule has 0 spiro atoms. The Balaban J connectivity index is 2.04. The number of nitrogens with one attached hydrogen (secondary N) is 1. The predicted molar refractivity (Wildman–Crippen MR) is 70.3 cm³/mol. The minimum Gasteiger partial charge on any atom is -0.481 e. The SMILES string of the molecule is O=C(CC(C(=O)O)c1ccc(Br)cc1)NC1CC1. The standard InChI is InChI=1S/C13H14BrNO3/c14-9-3-1-8(2-4-9)11(13(17)18)7-12(16)15-10-5-6-10/h1-4,10-11H,5-7H2,(H,15,16)(H,17,18). The summed E-state index contributed by atoms with van der Waals surface area (Å²) in [4.78, 5) is 22.9. The first-order chi connectivity index (χ1) is 8.56. The Morgan fingerprint density at radius 2 is 1.94 bits per heavy atom. The maximum Gasteiger partial charge on any atom is 0.311 e. The number of halogens is 1. The molecule has 1 atom stereocenters. The molecule has 0 heterocycles. The molecule has 1 saturated carbocycles. The highest BCUT2D eigenvalue weighted by molar-refractivity contribution is 9.10. The van der Waals surface area contributed by atoms with Crippen LogP contribution in [0.4, 0.5) is 0 Å². The maximum absolute atomic E-state index is 11.7. The van der Waals surface area contributed by atoms with Crippen molar-refractivity contribution in [3.8, 4) is 0 Å². The molecule has 18 heavy (non-hydrogen) atoms. The van der Waals surface area contributed by atoms with E-state index in [1.807, 2.05) is 0 Å². The summed E-state index contributed by atoms with van der Waals surface area (Å²) in [6, 6.07) is 7.28. The fraction of sp³-hybridized carbons (Fsp3) is 0.385. The summed E-state index contributed by atoms with van der Waals surface area (Å²) in [5.41, 5.74) is 0.650. The molecule has 5 heteroatoms. The van der Waals surface area contributed by atoms with Crippen LogP contribution in [0.25, 0.3) is 0 Å². The third-order valence-electron chi connectivity index (χ3n) is 2.90. The molecule has 1 aliphatic carbocycles. The van der Waals surface area contributed by atoms with Gasteiger partial charge in [-0.05, 0) is 30.5 Å². The van der Waals surface area contributed by atoms with Crippen LogP contribution < -0.4 is 5.32 Å². The number of hydrogen-bond donors (Lipinski definition) is 2. The van der Waals surface area contributed by atoms with Gasteiger partial charge in [0, 0.05) is 16.9 Å². The van der Waals surface area contributed by atoms with E-state index in [9.17, 15) is 14.7 Å². The van der Waals surface area contributed by atoms with Gasteiger partial charge in [0.15, 0.2) is 0 Å². The van der Waals surface area contributed by atoms with E-state index in [0.29, 0.717) is 5.56 Å². The van der Waals surface area contributed by atoms with Crippen molar-refractivity contribution in [3.63, 3.8) is 0 Å². The van der Waals surface area contributed by atoms with Crippen LogP contribution in [0.5, 0.6) is 0 Å². The van der Waals surface area contributed by atoms with Gasteiger partial charge >= 0.3 is 5.97 Å². The van der Waals surface area contributed by atoms with E-state index in [1.54, 1.807) is 24.3 Å². The average Bonchev–Trinajstić information content (AvgIpc) is 3.11. The number of carboxylic acid groups (broad SMARTS) is 1. The van der Waals surface area contributed by atoms with Gasteiger partial charge in [-0.2, -0.15) is 0 Å². The first kappa shape index (κ1) is 13.1. The molecule has 1 aliphatic rings. The fourth-order valence-electron chi connectivity index (χ4n) is 1.74. The van der Waals surface area contributed by atoms with Crippen molar-refractivity contribution in [2.75, 3.05) is 0 Å². The summed E-state index contributed by atoms with van der Waals surface area (Å²) >= 11 is 3.30. The van der Waals surface area contributed by atoms with Gasteiger partial charge < -0.3 is 10.4 Å². The van der Waals surface area contributed by atoms with Gasteiger partial charge in [-0.15, -0.1) is 0 Å². The predicted octanol–water partition coefficient (Wildman–Crippen LogP) is 2.29. The number of amides is 1. The van der Waals surface area contributed by atoms with Gasteiger partial charge in [0.05, 0.1) is 5.92 Å². The van der Waals surface area contributed by atoms with Crippen molar-refractivity contribution in [1.29, 1.82) is 0 Å². The fourth-order valence-corrected chi connectivity index (χ4v) is 2.01. The first-order valence-corrected chi connectivity index (χ1v) is 6.63. The molecule has 1 fully saturated rings. The van der Waals surface area contributed by atoms with Crippen LogP contribution in [0, 0.1) is 0 Å².